The predicted molar refractivity (Wildman–Crippen MR) is 125 cm³/mol. The number of nitrogens with zero attached hydrogens (tertiary/aromatic N) is 1. The molecule has 0 spiro atoms. The van der Waals surface area contributed by atoms with Crippen molar-refractivity contribution in [1.82, 2.24) is 10.2 Å². The molecule has 1 aliphatic rings. The van der Waals surface area contributed by atoms with Gasteiger partial charge in [0.15, 0.2) is 0 Å². The molecule has 1 heterocycles. The maximum atomic E-state index is 13.0. The van der Waals surface area contributed by atoms with Crippen LogP contribution in [0.2, 0.25) is 5.02 Å². The third-order valence-electron chi connectivity index (χ3n) is 5.39. The molecule has 1 N–H and O–H groups in total. The van der Waals surface area contributed by atoms with Crippen molar-refractivity contribution in [2.24, 2.45) is 0 Å². The highest BCUT2D eigenvalue weighted by molar-refractivity contribution is 6.31. The van der Waals surface area contributed by atoms with E-state index in [4.69, 9.17) is 21.1 Å². The summed E-state index contributed by atoms with van der Waals surface area (Å²) in [6.07, 6.45) is 0. The lowest BCUT2D eigenvalue weighted by molar-refractivity contribution is -0.139. The number of nitrogens with one attached hydrogen (secondary N) is 1. The molecule has 1 aliphatic heterocycles. The third-order valence-corrected chi connectivity index (χ3v) is 5.73. The Hall–Kier alpha value is -2.99. The summed E-state index contributed by atoms with van der Waals surface area (Å²) in [4.78, 5) is 27.5. The van der Waals surface area contributed by atoms with E-state index in [2.05, 4.69) is 19.2 Å². The highest BCUT2D eigenvalue weighted by Gasteiger charge is 2.38. The number of ether oxygens (including phenoxy) is 2. The molecule has 2 aromatic rings. The van der Waals surface area contributed by atoms with E-state index >= 15 is 0 Å². The number of carbonyl (C=O) groups is 2. The zero-order chi connectivity index (χ0) is 23.3. The quantitative estimate of drug-likeness (QED) is 0.536. The topological polar surface area (TPSA) is 67.9 Å². The second-order valence-corrected chi connectivity index (χ2v) is 8.15. The molecule has 6 nitrogen and oxygen atoms in total. The lowest BCUT2D eigenvalue weighted by Gasteiger charge is -2.36. The normalized spacial score (nSPS) is 16.2. The van der Waals surface area contributed by atoms with Crippen molar-refractivity contribution in [1.29, 1.82) is 0 Å². The standard InChI is InChI=1S/C25H29ClN2O4/c1-5-28-21(15-32-18-13-11-17(12-14-18)16(3)4)22(24(29)31-6-2)23(27-25(28)30)19-9-7-8-10-20(19)26/h7-14,16,23H,5-6,15H2,1-4H3,(H,27,30)/t23-/m0/s1. The van der Waals surface area contributed by atoms with Crippen LogP contribution in [0.25, 0.3) is 0 Å². The van der Waals surface area contributed by atoms with Gasteiger partial charge in [0.2, 0.25) is 0 Å². The van der Waals surface area contributed by atoms with Crippen molar-refractivity contribution in [3.8, 4) is 5.75 Å². The van der Waals surface area contributed by atoms with E-state index in [-0.39, 0.29) is 19.2 Å². The smallest absolute Gasteiger partial charge is 0.338 e. The van der Waals surface area contributed by atoms with Crippen molar-refractivity contribution >= 4 is 23.6 Å². The molecule has 1 atom stereocenters. The number of rotatable bonds is 8. The average Bonchev–Trinajstić information content (AvgIpc) is 2.78. The number of hydrogen-bond acceptors (Lipinski definition) is 4. The number of carbonyl (C=O) groups excluding carboxylic acids is 2. The Balaban J connectivity index is 2.03. The molecule has 2 aromatic carbocycles. The van der Waals surface area contributed by atoms with Crippen LogP contribution in [0.3, 0.4) is 0 Å². The van der Waals surface area contributed by atoms with E-state index < -0.39 is 12.0 Å². The molecule has 0 aromatic heterocycles. The van der Waals surface area contributed by atoms with Crippen LogP contribution in [0, 0.1) is 0 Å². The van der Waals surface area contributed by atoms with Gasteiger partial charge in [-0.1, -0.05) is 55.8 Å². The molecule has 0 aliphatic carbocycles. The summed E-state index contributed by atoms with van der Waals surface area (Å²) in [6, 6.07) is 13.9. The fourth-order valence-electron chi connectivity index (χ4n) is 3.69. The Bertz CT molecular complexity index is 1000. The Morgan fingerprint density at radius 1 is 1.12 bits per heavy atom. The molecule has 32 heavy (non-hydrogen) atoms. The van der Waals surface area contributed by atoms with Crippen LogP contribution in [0.4, 0.5) is 4.79 Å². The molecule has 0 unspecified atom stereocenters. The predicted octanol–water partition coefficient (Wildman–Crippen LogP) is 5.45. The Labute approximate surface area is 194 Å². The van der Waals surface area contributed by atoms with Gasteiger partial charge in [-0.3, -0.25) is 4.90 Å². The van der Waals surface area contributed by atoms with Gasteiger partial charge in [0.05, 0.1) is 23.9 Å². The SMILES string of the molecule is CCOC(=O)C1=C(COc2ccc(C(C)C)cc2)N(CC)C(=O)N[C@H]1c1ccccc1Cl. The lowest BCUT2D eigenvalue weighted by atomic mass is 9.94. The van der Waals surface area contributed by atoms with E-state index in [0.717, 1.165) is 0 Å². The van der Waals surface area contributed by atoms with Gasteiger partial charge in [-0.05, 0) is 49.1 Å². The van der Waals surface area contributed by atoms with Crippen LogP contribution in [0.15, 0.2) is 59.8 Å². The molecule has 170 valence electrons. The number of esters is 1. The van der Waals surface area contributed by atoms with Crippen LogP contribution < -0.4 is 10.1 Å². The maximum absolute atomic E-state index is 13.0. The molecular weight excluding hydrogens is 428 g/mol. The molecule has 0 radical (unpaired) electrons. The van der Waals surface area contributed by atoms with Crippen LogP contribution in [0.1, 0.15) is 50.8 Å². The Morgan fingerprint density at radius 3 is 2.41 bits per heavy atom. The van der Waals surface area contributed by atoms with Crippen molar-refractivity contribution in [3.63, 3.8) is 0 Å². The van der Waals surface area contributed by atoms with Gasteiger partial charge in [-0.2, -0.15) is 0 Å². The molecule has 0 bridgehead atoms. The maximum Gasteiger partial charge on any atom is 0.338 e. The first-order valence-electron chi connectivity index (χ1n) is 10.8. The van der Waals surface area contributed by atoms with Gasteiger partial charge in [0.1, 0.15) is 12.4 Å². The molecular formula is C25H29ClN2O4. The fraction of sp³-hybridized carbons (Fsp3) is 0.360. The largest absolute Gasteiger partial charge is 0.487 e. The lowest BCUT2D eigenvalue weighted by Crippen LogP contribution is -2.49. The molecule has 0 saturated carbocycles. The molecule has 0 fully saturated rings. The molecule has 7 heteroatoms. The van der Waals surface area contributed by atoms with E-state index in [1.165, 1.54) is 10.5 Å². The summed E-state index contributed by atoms with van der Waals surface area (Å²) in [5.41, 5.74) is 2.61. The van der Waals surface area contributed by atoms with Gasteiger partial charge in [-0.15, -0.1) is 0 Å². The molecule has 2 amide bonds. The monoisotopic (exact) mass is 456 g/mol. The summed E-state index contributed by atoms with van der Waals surface area (Å²) >= 11 is 6.41. The van der Waals surface area contributed by atoms with Gasteiger partial charge in [0.25, 0.3) is 0 Å². The highest BCUT2D eigenvalue weighted by atomic mass is 35.5. The summed E-state index contributed by atoms with van der Waals surface area (Å²) in [5, 5.41) is 3.35. The van der Waals surface area contributed by atoms with Gasteiger partial charge in [0, 0.05) is 11.6 Å². The fourth-order valence-corrected chi connectivity index (χ4v) is 3.93. The first-order valence-corrected chi connectivity index (χ1v) is 11.2. The summed E-state index contributed by atoms with van der Waals surface area (Å²) < 4.78 is 11.4. The average molecular weight is 457 g/mol. The minimum Gasteiger partial charge on any atom is -0.487 e. The summed E-state index contributed by atoms with van der Waals surface area (Å²) in [6.45, 7) is 8.46. The Kier molecular flexibility index (Phi) is 7.80. The van der Waals surface area contributed by atoms with Gasteiger partial charge >= 0.3 is 12.0 Å². The number of amides is 2. The van der Waals surface area contributed by atoms with Gasteiger partial charge < -0.3 is 14.8 Å². The van der Waals surface area contributed by atoms with Crippen molar-refractivity contribution in [2.75, 3.05) is 19.8 Å². The van der Waals surface area contributed by atoms with Gasteiger partial charge in [-0.25, -0.2) is 9.59 Å². The third kappa shape index (κ3) is 5.07. The van der Waals surface area contributed by atoms with E-state index in [9.17, 15) is 9.59 Å². The number of benzene rings is 2. The second kappa shape index (κ2) is 10.6. The minimum atomic E-state index is -0.736. The summed E-state index contributed by atoms with van der Waals surface area (Å²) in [5.74, 6) is 0.558. The van der Waals surface area contributed by atoms with E-state index in [1.54, 1.807) is 25.1 Å². The number of hydrogen-bond donors (Lipinski definition) is 1. The highest BCUT2D eigenvalue weighted by Crippen LogP contribution is 2.35. The van der Waals surface area contributed by atoms with Crippen molar-refractivity contribution in [2.45, 2.75) is 39.7 Å². The second-order valence-electron chi connectivity index (χ2n) is 7.74. The minimum absolute atomic E-state index is 0.0391. The van der Waals surface area contributed by atoms with E-state index in [0.29, 0.717) is 40.1 Å². The number of halogens is 1. The van der Waals surface area contributed by atoms with Crippen LogP contribution in [-0.4, -0.2) is 36.7 Å². The zero-order valence-electron chi connectivity index (χ0n) is 18.9. The van der Waals surface area contributed by atoms with Crippen LogP contribution in [0.5, 0.6) is 5.75 Å². The number of likely N-dealkylation sites (N-methyl/N-ethyl adjacent to an activating group) is 1. The van der Waals surface area contributed by atoms with Crippen molar-refractivity contribution < 1.29 is 19.1 Å². The zero-order valence-corrected chi connectivity index (χ0v) is 19.6. The molecule has 0 saturated heterocycles. The molecule has 3 rings (SSSR count). The van der Waals surface area contributed by atoms with E-state index in [1.807, 2.05) is 37.3 Å². The van der Waals surface area contributed by atoms with Crippen molar-refractivity contribution in [3.05, 3.63) is 76.0 Å². The first-order chi connectivity index (χ1) is 15.4. The van der Waals surface area contributed by atoms with Crippen LogP contribution in [-0.2, 0) is 9.53 Å². The first kappa shape index (κ1) is 23.7. The Morgan fingerprint density at radius 2 is 1.81 bits per heavy atom. The number of urea groups is 1. The van der Waals surface area contributed by atoms with Crippen LogP contribution >= 0.6 is 11.6 Å². The summed E-state index contributed by atoms with van der Waals surface area (Å²) in [7, 11) is 0.